The average molecular weight is 262 g/mol. The van der Waals surface area contributed by atoms with E-state index < -0.39 is 17.7 Å². The number of nitrogens with two attached hydrogens (primary N) is 1. The lowest BCUT2D eigenvalue weighted by Gasteiger charge is -2.14. The maximum Gasteiger partial charge on any atom is 0.312 e. The average Bonchev–Trinajstić information content (AvgIpc) is 2.71. The molecule has 1 aliphatic rings. The molecule has 92 valence electrons. The van der Waals surface area contributed by atoms with Gasteiger partial charge in [0.1, 0.15) is 11.7 Å². The highest BCUT2D eigenvalue weighted by Crippen LogP contribution is 2.43. The van der Waals surface area contributed by atoms with Crippen molar-refractivity contribution in [3.05, 3.63) is 22.5 Å². The number of rotatable bonds is 3. The van der Waals surface area contributed by atoms with Crippen LogP contribution >= 0.6 is 11.6 Å². The SMILES string of the molecule is NCC(C(=O)O)c1c(F)c(Cl)cc2c1OCO2. The number of carboxylic acid groups (broad SMARTS) is 1. The fraction of sp³-hybridized carbons (Fsp3) is 0.300. The summed E-state index contributed by atoms with van der Waals surface area (Å²) in [6.45, 7) is -0.360. The number of carboxylic acids is 1. The molecule has 2 rings (SSSR count). The molecule has 7 heteroatoms. The van der Waals surface area contributed by atoms with Gasteiger partial charge in [-0.25, -0.2) is 4.39 Å². The van der Waals surface area contributed by atoms with Crippen LogP contribution in [0.3, 0.4) is 0 Å². The monoisotopic (exact) mass is 261 g/mol. The molecule has 0 amide bonds. The molecule has 0 aromatic heterocycles. The summed E-state index contributed by atoms with van der Waals surface area (Å²) in [6.07, 6.45) is 0. The second-order valence-corrected chi connectivity index (χ2v) is 3.85. The van der Waals surface area contributed by atoms with Crippen LogP contribution in [-0.4, -0.2) is 24.4 Å². The van der Waals surface area contributed by atoms with Crippen LogP contribution in [0.1, 0.15) is 11.5 Å². The standard InChI is InChI=1S/C10H9ClFNO4/c11-5-1-6-9(17-3-16-6)7(8(5)12)4(2-13)10(14)15/h1,4H,2-3,13H2,(H,14,15). The van der Waals surface area contributed by atoms with Gasteiger partial charge in [0, 0.05) is 12.6 Å². The fourth-order valence-corrected chi connectivity index (χ4v) is 1.87. The number of hydrogen-bond donors (Lipinski definition) is 2. The Morgan fingerprint density at radius 3 is 2.94 bits per heavy atom. The number of hydrogen-bond acceptors (Lipinski definition) is 4. The van der Waals surface area contributed by atoms with E-state index in [4.69, 9.17) is 31.9 Å². The number of fused-ring (bicyclic) bond motifs is 1. The smallest absolute Gasteiger partial charge is 0.312 e. The molecule has 0 saturated carbocycles. The second-order valence-electron chi connectivity index (χ2n) is 3.45. The third-order valence-electron chi connectivity index (χ3n) is 2.47. The van der Waals surface area contributed by atoms with Crippen LogP contribution in [0, 0.1) is 5.82 Å². The molecule has 0 saturated heterocycles. The third kappa shape index (κ3) is 1.89. The summed E-state index contributed by atoms with van der Waals surface area (Å²) in [6, 6.07) is 1.25. The molecule has 1 aromatic rings. The fourth-order valence-electron chi connectivity index (χ4n) is 1.67. The Bertz CT molecular complexity index is 480. The molecule has 0 radical (unpaired) electrons. The summed E-state index contributed by atoms with van der Waals surface area (Å²) < 4.78 is 24.0. The van der Waals surface area contributed by atoms with Crippen molar-refractivity contribution in [1.29, 1.82) is 0 Å². The first-order chi connectivity index (χ1) is 8.06. The molecule has 1 aliphatic heterocycles. The Hall–Kier alpha value is -1.53. The van der Waals surface area contributed by atoms with Gasteiger partial charge in [-0.3, -0.25) is 4.79 Å². The topological polar surface area (TPSA) is 81.8 Å². The number of carbonyl (C=O) groups is 1. The number of halogens is 2. The van der Waals surface area contributed by atoms with E-state index in [2.05, 4.69) is 0 Å². The van der Waals surface area contributed by atoms with Gasteiger partial charge in [0.15, 0.2) is 11.5 Å². The molecule has 1 heterocycles. The molecule has 3 N–H and O–H groups in total. The quantitative estimate of drug-likeness (QED) is 0.858. The van der Waals surface area contributed by atoms with Gasteiger partial charge >= 0.3 is 5.97 Å². The Kier molecular flexibility index (Phi) is 3.08. The first-order valence-electron chi connectivity index (χ1n) is 4.76. The third-order valence-corrected chi connectivity index (χ3v) is 2.75. The molecule has 0 aliphatic carbocycles. The largest absolute Gasteiger partial charge is 0.481 e. The number of ether oxygens (including phenoxy) is 2. The summed E-state index contributed by atoms with van der Waals surface area (Å²) in [7, 11) is 0. The molecule has 17 heavy (non-hydrogen) atoms. The Morgan fingerprint density at radius 1 is 1.65 bits per heavy atom. The van der Waals surface area contributed by atoms with Gasteiger partial charge in [0.05, 0.1) is 10.6 Å². The van der Waals surface area contributed by atoms with E-state index in [1.807, 2.05) is 0 Å². The maximum absolute atomic E-state index is 13.9. The van der Waals surface area contributed by atoms with E-state index in [0.29, 0.717) is 0 Å². The summed E-state index contributed by atoms with van der Waals surface area (Å²) in [5.41, 5.74) is 5.17. The second kappa shape index (κ2) is 4.38. The summed E-state index contributed by atoms with van der Waals surface area (Å²) in [5, 5.41) is 8.77. The van der Waals surface area contributed by atoms with E-state index in [9.17, 15) is 9.18 Å². The lowest BCUT2D eigenvalue weighted by Crippen LogP contribution is -2.22. The maximum atomic E-state index is 13.9. The van der Waals surface area contributed by atoms with Crippen molar-refractivity contribution < 1.29 is 23.8 Å². The Morgan fingerprint density at radius 2 is 2.35 bits per heavy atom. The predicted molar refractivity (Wildman–Crippen MR) is 57.0 cm³/mol. The Balaban J connectivity index is 2.63. The summed E-state index contributed by atoms with van der Waals surface area (Å²) >= 11 is 5.66. The van der Waals surface area contributed by atoms with Crippen molar-refractivity contribution in [1.82, 2.24) is 0 Å². The van der Waals surface area contributed by atoms with Crippen molar-refractivity contribution in [2.24, 2.45) is 5.73 Å². The number of benzene rings is 1. The lowest BCUT2D eigenvalue weighted by molar-refractivity contribution is -0.138. The first kappa shape index (κ1) is 11.9. The van der Waals surface area contributed by atoms with Gasteiger partial charge in [-0.1, -0.05) is 11.6 Å². The van der Waals surface area contributed by atoms with Crippen molar-refractivity contribution in [3.63, 3.8) is 0 Å². The van der Waals surface area contributed by atoms with Gasteiger partial charge in [-0.15, -0.1) is 0 Å². The molecule has 0 fully saturated rings. The minimum absolute atomic E-state index is 0.0600. The van der Waals surface area contributed by atoms with Crippen LogP contribution in [0.2, 0.25) is 5.02 Å². The zero-order valence-corrected chi connectivity index (χ0v) is 9.33. The van der Waals surface area contributed by atoms with Gasteiger partial charge in [0.2, 0.25) is 6.79 Å². The van der Waals surface area contributed by atoms with Gasteiger partial charge in [-0.2, -0.15) is 0 Å². The van der Waals surface area contributed by atoms with Crippen LogP contribution in [0.25, 0.3) is 0 Å². The Labute approximate surface area is 101 Å². The minimum Gasteiger partial charge on any atom is -0.481 e. The van der Waals surface area contributed by atoms with E-state index in [-0.39, 0.29) is 35.4 Å². The van der Waals surface area contributed by atoms with Crippen molar-refractivity contribution in [2.75, 3.05) is 13.3 Å². The van der Waals surface area contributed by atoms with E-state index >= 15 is 0 Å². The minimum atomic E-state index is -1.24. The zero-order chi connectivity index (χ0) is 12.6. The van der Waals surface area contributed by atoms with Crippen LogP contribution in [0.4, 0.5) is 4.39 Å². The van der Waals surface area contributed by atoms with Crippen molar-refractivity contribution in [2.45, 2.75) is 5.92 Å². The van der Waals surface area contributed by atoms with Crippen LogP contribution in [0.15, 0.2) is 6.07 Å². The van der Waals surface area contributed by atoms with Gasteiger partial charge < -0.3 is 20.3 Å². The molecular formula is C10H9ClFNO4. The zero-order valence-electron chi connectivity index (χ0n) is 8.57. The highest BCUT2D eigenvalue weighted by atomic mass is 35.5. The van der Waals surface area contributed by atoms with Gasteiger partial charge in [-0.05, 0) is 0 Å². The highest BCUT2D eigenvalue weighted by Gasteiger charge is 2.32. The first-order valence-corrected chi connectivity index (χ1v) is 5.14. The van der Waals surface area contributed by atoms with Gasteiger partial charge in [0.25, 0.3) is 0 Å². The van der Waals surface area contributed by atoms with E-state index in [1.165, 1.54) is 6.07 Å². The normalized spacial score (nSPS) is 14.8. The van der Waals surface area contributed by atoms with Crippen molar-refractivity contribution >= 4 is 17.6 Å². The number of aliphatic carboxylic acids is 1. The van der Waals surface area contributed by atoms with E-state index in [1.54, 1.807) is 0 Å². The molecule has 1 unspecified atom stereocenters. The molecule has 1 aromatic carbocycles. The summed E-state index contributed by atoms with van der Waals surface area (Å²) in [4.78, 5) is 11.0. The molecule has 0 spiro atoms. The lowest BCUT2D eigenvalue weighted by atomic mass is 9.97. The van der Waals surface area contributed by atoms with Crippen LogP contribution < -0.4 is 15.2 Å². The van der Waals surface area contributed by atoms with E-state index in [0.717, 1.165) is 0 Å². The molecule has 0 bridgehead atoms. The predicted octanol–water partition coefficient (Wildman–Crippen LogP) is 1.33. The van der Waals surface area contributed by atoms with Crippen LogP contribution in [-0.2, 0) is 4.79 Å². The van der Waals surface area contributed by atoms with Crippen molar-refractivity contribution in [3.8, 4) is 11.5 Å². The summed E-state index contributed by atoms with van der Waals surface area (Å²) in [5.74, 6) is -3.01. The molecule has 1 atom stereocenters. The molecule has 5 nitrogen and oxygen atoms in total. The van der Waals surface area contributed by atoms with Crippen LogP contribution in [0.5, 0.6) is 11.5 Å². The highest BCUT2D eigenvalue weighted by molar-refractivity contribution is 6.31. The molecular weight excluding hydrogens is 253 g/mol.